The molecule has 6 aliphatic rings. The van der Waals surface area contributed by atoms with Crippen LogP contribution in [0.2, 0.25) is 0 Å². The normalized spacial score (nSPS) is 13.7. The van der Waals surface area contributed by atoms with Crippen molar-refractivity contribution in [1.82, 2.24) is 59.8 Å². The largest absolute Gasteiger partial charge is 3.00 e. The van der Waals surface area contributed by atoms with Crippen LogP contribution in [0.25, 0.3) is 133 Å². The van der Waals surface area contributed by atoms with Crippen molar-refractivity contribution < 1.29 is 93.5 Å². The van der Waals surface area contributed by atoms with E-state index in [-0.39, 0.29) is 129 Å². The summed E-state index contributed by atoms with van der Waals surface area (Å²) in [5.74, 6) is -6.29. The van der Waals surface area contributed by atoms with Gasteiger partial charge in [0.25, 0.3) is 0 Å². The van der Waals surface area contributed by atoms with Crippen LogP contribution in [-0.2, 0) is 82.2 Å². The summed E-state index contributed by atoms with van der Waals surface area (Å²) in [4.78, 5) is 119. The number of rotatable bonds is 27. The number of nitrogens with one attached hydrogen (secondary N) is 6. The van der Waals surface area contributed by atoms with Gasteiger partial charge in [0.2, 0.25) is 0 Å². The first kappa shape index (κ1) is 103. The van der Waals surface area contributed by atoms with Crippen molar-refractivity contribution in [3.05, 3.63) is 246 Å². The molecule has 9 aromatic rings. The molecule has 0 spiro atoms. The second kappa shape index (κ2) is 43.5. The van der Waals surface area contributed by atoms with Crippen LogP contribution >= 0.6 is 69.6 Å². The van der Waals surface area contributed by atoms with Gasteiger partial charge < -0.3 is 89.3 Å². The number of allylic oxidation sites excluding steroid dienone is 15. The van der Waals surface area contributed by atoms with Crippen molar-refractivity contribution in [1.29, 1.82) is 0 Å². The van der Waals surface area contributed by atoms with Gasteiger partial charge in [-0.3, -0.25) is 0 Å². The van der Waals surface area contributed by atoms with Crippen molar-refractivity contribution in [3.63, 3.8) is 0 Å². The van der Waals surface area contributed by atoms with Gasteiger partial charge in [-0.2, -0.15) is 0 Å². The second-order valence-electron chi connectivity index (χ2n) is 33.3. The summed E-state index contributed by atoms with van der Waals surface area (Å²) in [6.45, 7) is 35.5. The molecule has 2 radical (unpaired) electrons. The fourth-order valence-electron chi connectivity index (χ4n) is 17.9. The fraction of sp³-hybridized carbons (Fsp3) is 0.294. The molecule has 0 saturated heterocycles. The number of aryl methyl sites for hydroxylation is 9. The van der Waals surface area contributed by atoms with Crippen LogP contribution in [0.4, 0.5) is 0 Å². The van der Waals surface area contributed by atoms with E-state index in [2.05, 4.69) is 49.6 Å². The quantitative estimate of drug-likeness (QED) is 0.0206. The molecule has 0 saturated carbocycles. The summed E-state index contributed by atoms with van der Waals surface area (Å²) >= 11 is 39.0. The van der Waals surface area contributed by atoms with Crippen LogP contribution < -0.4 is 30.6 Å². The predicted molar refractivity (Wildman–Crippen MR) is 518 cm³/mol. The Morgan fingerprint density at radius 1 is 0.276 bits per heavy atom. The number of aromatic nitrogens is 12. The number of hydrogen-bond acceptors (Lipinski definition) is 18. The van der Waals surface area contributed by atoms with E-state index in [4.69, 9.17) is 99.5 Å². The molecule has 9 aromatic heterocycles. The molecule has 15 rings (SSSR count). The number of aromatic amines is 6. The average Bonchev–Trinajstić information content (AvgIpc) is 1.62. The first-order valence-corrected chi connectivity index (χ1v) is 45.9. The van der Waals surface area contributed by atoms with Gasteiger partial charge in [0.05, 0.1) is 84.5 Å². The second-order valence-corrected chi connectivity index (χ2v) is 35.8. The third-order valence-electron chi connectivity index (χ3n) is 25.3. The predicted octanol–water partition coefficient (Wildman–Crippen LogP) is 17.1. The number of alkyl halides is 6. The van der Waals surface area contributed by atoms with Gasteiger partial charge in [0.15, 0.2) is 0 Å². The molecule has 694 valence electrons. The number of carboxylic acid groups (broad SMARTS) is 6. The van der Waals surface area contributed by atoms with Gasteiger partial charge in [-0.05, 0) is 350 Å². The standard InChI is InChI=1S/3C34H34Cl2N4O4.2Fe/c3*1-6-20-16(2)26-13-31-34(23(36)15-35)19(5)27(40-31)11-24-17(3)21(7-9-32(41)42)29(38-24)14-30-22(8-10-33(43)44)18(4)25(39-30)12-28(20)37-26;;/h3*6,11-14,23,39-40H,1,7-10,15H2,2-5H3,(H,41,42)(H,43,44);;/q;;;2*+3/p-6. The SMILES string of the molecule is C=CC1=C(C)c2cc3[nH]c(cc4nc(cc5[nH]c(cc1n2)c(C)c5CCC(=O)[O-])C(CCC(=O)[O-])=C4C)c(C)c3C(Cl)CCl.C=CC1=C(C)c2cc3[nH]c(cc4nc(cc5[nH]c(cc1n2)c(C)c5CCC(=O)[O-])C(CCC(=O)[O-])=C4C)c(C)c3C(Cl)CCl.C=CC1=C(C)c2cc3[nH]c(cc4nc(cc5[nH]c(cc1n2)c(C)c5CCC(=O)[O-])C(CCC(=O)[O-])=C4C)c(C)c3C(Cl)CCl.[Fe+3].[Fe+3]. The molecule has 24 nitrogen and oxygen atoms in total. The Kier molecular flexibility index (Phi) is 33.5. The van der Waals surface area contributed by atoms with Gasteiger partial charge in [-0.25, -0.2) is 29.9 Å². The van der Waals surface area contributed by atoms with Gasteiger partial charge in [0, 0.05) is 136 Å². The average molecular weight is 2010 g/mol. The number of aliphatic carboxylic acids is 6. The van der Waals surface area contributed by atoms with E-state index in [9.17, 15) is 59.4 Å². The molecule has 0 aliphatic carbocycles. The zero-order valence-electron chi connectivity index (χ0n) is 75.7. The molecule has 24 bridgehead atoms. The maximum absolute atomic E-state index is 11.5. The molecule has 0 fully saturated rings. The minimum Gasteiger partial charge on any atom is -0.550 e. The van der Waals surface area contributed by atoms with Crippen LogP contribution in [0.1, 0.15) is 251 Å². The maximum atomic E-state index is 11.5. The Labute approximate surface area is 825 Å². The summed E-state index contributed by atoms with van der Waals surface area (Å²) in [6, 6.07) is 23.0. The Morgan fingerprint density at radius 2 is 0.455 bits per heavy atom. The van der Waals surface area contributed by atoms with Crippen molar-refractivity contribution in [2.45, 2.75) is 176 Å². The molecule has 15 heterocycles. The summed E-state index contributed by atoms with van der Waals surface area (Å²) < 4.78 is 0. The number of carboxylic acids is 6. The smallest absolute Gasteiger partial charge is 0.550 e. The molecule has 3 atom stereocenters. The van der Waals surface area contributed by atoms with E-state index in [0.717, 1.165) is 200 Å². The molecule has 6 N–H and O–H groups in total. The topological polar surface area (TPSA) is 413 Å². The van der Waals surface area contributed by atoms with Crippen LogP contribution in [0.3, 0.4) is 0 Å². The molecule has 6 aliphatic heterocycles. The summed E-state index contributed by atoms with van der Waals surface area (Å²) in [5, 5.41) is 67.3. The van der Waals surface area contributed by atoms with E-state index in [1.807, 2.05) is 156 Å². The van der Waals surface area contributed by atoms with E-state index in [1.54, 1.807) is 18.2 Å². The van der Waals surface area contributed by atoms with Gasteiger partial charge in [-0.1, -0.05) is 38.0 Å². The van der Waals surface area contributed by atoms with Crippen molar-refractivity contribution in [3.8, 4) is 0 Å². The molecular weight excluding hydrogens is 1910 g/mol. The Bertz CT molecular complexity index is 6520. The van der Waals surface area contributed by atoms with E-state index >= 15 is 0 Å². The van der Waals surface area contributed by atoms with Crippen molar-refractivity contribution >= 4 is 238 Å². The fourth-order valence-corrected chi connectivity index (χ4v) is 19.2. The minimum absolute atomic E-state index is 0. The first-order chi connectivity index (χ1) is 62.8. The zero-order chi connectivity index (χ0) is 95.6. The van der Waals surface area contributed by atoms with Crippen LogP contribution in [0, 0.1) is 41.5 Å². The molecule has 3 unspecified atom stereocenters. The minimum atomic E-state index is -1.16. The van der Waals surface area contributed by atoms with E-state index in [1.165, 1.54) is 0 Å². The molecule has 0 aromatic carbocycles. The number of H-pyrrole nitrogens is 6. The van der Waals surface area contributed by atoms with Crippen LogP contribution in [0.5, 0.6) is 0 Å². The molecule has 0 amide bonds. The summed E-state index contributed by atoms with van der Waals surface area (Å²) in [7, 11) is 0. The Hall–Kier alpha value is -11.4. The van der Waals surface area contributed by atoms with Crippen LogP contribution in [-0.4, -0.2) is 113 Å². The number of carbonyl (C=O) groups excluding carboxylic acids is 6. The Balaban J connectivity index is 0.000000192. The number of nitrogens with zero attached hydrogens (tertiary/aromatic N) is 6. The van der Waals surface area contributed by atoms with Crippen LogP contribution in [0.15, 0.2) is 111 Å². The number of carbonyl (C=O) groups is 6. The van der Waals surface area contributed by atoms with Crippen molar-refractivity contribution in [2.75, 3.05) is 17.6 Å². The third-order valence-corrected chi connectivity index (χ3v) is 27.9. The molecular formula is C102H96Cl6Fe2N12O12. The Morgan fingerprint density at radius 3 is 0.672 bits per heavy atom. The van der Waals surface area contributed by atoms with Gasteiger partial charge in [0.1, 0.15) is 0 Å². The maximum Gasteiger partial charge on any atom is 3.00 e. The molecule has 134 heavy (non-hydrogen) atoms. The summed E-state index contributed by atoms with van der Waals surface area (Å²) in [6.07, 6.45) is 5.71. The van der Waals surface area contributed by atoms with Gasteiger partial charge >= 0.3 is 34.1 Å². The summed E-state index contributed by atoms with van der Waals surface area (Å²) in [5.41, 5.74) is 37.8. The third kappa shape index (κ3) is 21.6. The number of halogens is 6. The van der Waals surface area contributed by atoms with Gasteiger partial charge in [-0.15, -0.1) is 69.6 Å². The first-order valence-electron chi connectivity index (χ1n) is 42.9. The molecule has 32 heteroatoms. The monoisotopic (exact) mass is 2000 g/mol. The number of hydrogen-bond donors (Lipinski definition) is 6. The van der Waals surface area contributed by atoms with E-state index in [0.29, 0.717) is 67.8 Å². The van der Waals surface area contributed by atoms with E-state index < -0.39 is 51.9 Å². The van der Waals surface area contributed by atoms with Crippen molar-refractivity contribution in [2.24, 2.45) is 0 Å². The number of fused-ring (bicyclic) bond motifs is 24. The zero-order valence-corrected chi connectivity index (χ0v) is 82.4.